The fourth-order valence-corrected chi connectivity index (χ4v) is 6.38. The van der Waals surface area contributed by atoms with E-state index in [1.807, 2.05) is 91.0 Å². The van der Waals surface area contributed by atoms with Crippen molar-refractivity contribution < 1.29 is 19.2 Å². The zero-order valence-corrected chi connectivity index (χ0v) is 27.4. The fraction of sp³-hybridized carbons (Fsp3) is 0.231. The van der Waals surface area contributed by atoms with Crippen LogP contribution in [0.1, 0.15) is 52.7 Å². The summed E-state index contributed by atoms with van der Waals surface area (Å²) in [6.45, 7) is 1.07. The number of hydrogen-bond acceptors (Lipinski definition) is 5. The highest BCUT2D eigenvalue weighted by atomic mass is 16.2. The summed E-state index contributed by atoms with van der Waals surface area (Å²) in [5.41, 5.74) is 13.6. The van der Waals surface area contributed by atoms with Crippen LogP contribution in [0.2, 0.25) is 0 Å². The summed E-state index contributed by atoms with van der Waals surface area (Å²) < 4.78 is 0. The third-order valence-corrected chi connectivity index (χ3v) is 8.99. The molecule has 0 saturated carbocycles. The van der Waals surface area contributed by atoms with E-state index in [1.165, 1.54) is 0 Å². The predicted molar refractivity (Wildman–Crippen MR) is 193 cm³/mol. The Morgan fingerprint density at radius 2 is 1.22 bits per heavy atom. The van der Waals surface area contributed by atoms with E-state index in [0.29, 0.717) is 48.6 Å². The molecule has 2 saturated heterocycles. The normalized spacial score (nSPS) is 17.0. The molecule has 2 aliphatic heterocycles. The van der Waals surface area contributed by atoms with Gasteiger partial charge in [0, 0.05) is 40.6 Å². The second-order valence-electron chi connectivity index (χ2n) is 12.4. The number of benzene rings is 4. The van der Waals surface area contributed by atoms with Crippen molar-refractivity contribution in [2.24, 2.45) is 5.11 Å². The molecule has 252 valence electrons. The molecule has 0 spiro atoms. The number of nitrogens with one attached hydrogen (secondary N) is 2. The first-order valence-electron chi connectivity index (χ1n) is 16.7. The molecule has 2 atom stereocenters. The quantitative estimate of drug-likeness (QED) is 0.0796. The number of azide groups is 1. The molecule has 0 bridgehead atoms. The predicted octanol–water partition coefficient (Wildman–Crippen LogP) is 7.21. The zero-order chi connectivity index (χ0) is 34.9. The third-order valence-electron chi connectivity index (χ3n) is 8.99. The number of carbonyl (C=O) groups is 4. The van der Waals surface area contributed by atoms with Gasteiger partial charge < -0.3 is 20.4 Å². The Morgan fingerprint density at radius 3 is 1.76 bits per heavy atom. The standard InChI is InChI=1S/C39H37N7O4/c40-44-43-33-22-16-30(17-23-33)39(50)46-25-5-9-35(46)38(49)42-32-20-14-28(15-21-32)11-10-27-12-18-31(19-13-27)41-37(48)34-8-4-24-45(34)36(47)26-29-6-2-1-3-7-29/h1-3,6-7,10-23,34-35H,4-5,8-9,24-26H2,(H,41,48)(H,42,49)/b11-10+/t34-,35-/m0/s1. The molecule has 2 N–H and O–H groups in total. The number of rotatable bonds is 10. The number of likely N-dealkylation sites (tertiary alicyclic amines) is 2. The van der Waals surface area contributed by atoms with Gasteiger partial charge in [0.05, 0.1) is 6.42 Å². The molecule has 2 heterocycles. The monoisotopic (exact) mass is 667 g/mol. The van der Waals surface area contributed by atoms with Crippen LogP contribution in [-0.4, -0.2) is 58.6 Å². The fourth-order valence-electron chi connectivity index (χ4n) is 6.38. The Labute approximate surface area is 290 Å². The summed E-state index contributed by atoms with van der Waals surface area (Å²) in [5, 5.41) is 9.44. The summed E-state index contributed by atoms with van der Waals surface area (Å²) in [5.74, 6) is -0.691. The highest BCUT2D eigenvalue weighted by Crippen LogP contribution is 2.24. The van der Waals surface area contributed by atoms with E-state index in [0.717, 1.165) is 29.5 Å². The molecule has 11 nitrogen and oxygen atoms in total. The number of amides is 4. The maximum Gasteiger partial charge on any atom is 0.254 e. The van der Waals surface area contributed by atoms with E-state index < -0.39 is 12.1 Å². The van der Waals surface area contributed by atoms with Gasteiger partial charge in [-0.2, -0.15) is 0 Å². The molecule has 0 aliphatic carbocycles. The Bertz CT molecular complexity index is 1920. The first-order chi connectivity index (χ1) is 24.4. The second kappa shape index (κ2) is 15.8. The average Bonchev–Trinajstić information content (AvgIpc) is 3.84. The van der Waals surface area contributed by atoms with Gasteiger partial charge in [0.25, 0.3) is 5.91 Å². The van der Waals surface area contributed by atoms with E-state index >= 15 is 0 Å². The number of carbonyl (C=O) groups excluding carboxylic acids is 4. The van der Waals surface area contributed by atoms with Crippen LogP contribution >= 0.6 is 0 Å². The van der Waals surface area contributed by atoms with Gasteiger partial charge in [0.2, 0.25) is 17.7 Å². The molecule has 0 unspecified atom stereocenters. The Hall–Kier alpha value is -6.19. The van der Waals surface area contributed by atoms with E-state index in [2.05, 4.69) is 20.7 Å². The van der Waals surface area contributed by atoms with Crippen LogP contribution in [0.5, 0.6) is 0 Å². The number of hydrogen-bond donors (Lipinski definition) is 2. The minimum atomic E-state index is -0.578. The lowest BCUT2D eigenvalue weighted by Crippen LogP contribution is -2.43. The molecular formula is C39H37N7O4. The molecule has 50 heavy (non-hydrogen) atoms. The van der Waals surface area contributed by atoms with Crippen LogP contribution in [0, 0.1) is 0 Å². The van der Waals surface area contributed by atoms with Crippen molar-refractivity contribution in [3.8, 4) is 0 Å². The zero-order valence-electron chi connectivity index (χ0n) is 27.4. The summed E-state index contributed by atoms with van der Waals surface area (Å²) in [6, 6.07) is 29.8. The van der Waals surface area contributed by atoms with Gasteiger partial charge in [-0.1, -0.05) is 84.0 Å². The van der Waals surface area contributed by atoms with Gasteiger partial charge in [0.1, 0.15) is 12.1 Å². The highest BCUT2D eigenvalue weighted by Gasteiger charge is 2.35. The number of nitrogens with zero attached hydrogens (tertiary/aromatic N) is 5. The topological polar surface area (TPSA) is 148 Å². The Balaban J connectivity index is 0.995. The van der Waals surface area contributed by atoms with Crippen LogP contribution in [-0.2, 0) is 20.8 Å². The minimum Gasteiger partial charge on any atom is -0.330 e. The summed E-state index contributed by atoms with van der Waals surface area (Å²) in [7, 11) is 0. The summed E-state index contributed by atoms with van der Waals surface area (Å²) >= 11 is 0. The summed E-state index contributed by atoms with van der Waals surface area (Å²) in [4.78, 5) is 58.4. The first kappa shape index (κ1) is 33.7. The molecule has 11 heteroatoms. The molecule has 4 aromatic rings. The Kier molecular flexibility index (Phi) is 10.7. The third kappa shape index (κ3) is 8.26. The maximum atomic E-state index is 13.2. The lowest BCUT2D eigenvalue weighted by molar-refractivity contribution is -0.136. The van der Waals surface area contributed by atoms with Crippen LogP contribution in [0.4, 0.5) is 17.1 Å². The minimum absolute atomic E-state index is 0.0368. The van der Waals surface area contributed by atoms with Gasteiger partial charge in [-0.05, 0) is 84.3 Å². The summed E-state index contributed by atoms with van der Waals surface area (Å²) in [6.07, 6.45) is 6.95. The molecule has 2 aliphatic rings. The van der Waals surface area contributed by atoms with Crippen molar-refractivity contribution in [1.82, 2.24) is 9.80 Å². The van der Waals surface area contributed by atoms with E-state index in [-0.39, 0.29) is 30.0 Å². The van der Waals surface area contributed by atoms with Crippen molar-refractivity contribution >= 4 is 52.8 Å². The van der Waals surface area contributed by atoms with Crippen LogP contribution in [0.3, 0.4) is 0 Å². The molecule has 2 fully saturated rings. The van der Waals surface area contributed by atoms with Gasteiger partial charge in [-0.3, -0.25) is 19.2 Å². The van der Waals surface area contributed by atoms with Gasteiger partial charge >= 0.3 is 0 Å². The lowest BCUT2D eigenvalue weighted by Gasteiger charge is -2.24. The molecule has 0 aromatic heterocycles. The van der Waals surface area contributed by atoms with Crippen molar-refractivity contribution in [1.29, 1.82) is 0 Å². The van der Waals surface area contributed by atoms with Gasteiger partial charge in [0.15, 0.2) is 0 Å². The lowest BCUT2D eigenvalue weighted by atomic mass is 10.1. The van der Waals surface area contributed by atoms with Gasteiger partial charge in [-0.15, -0.1) is 0 Å². The van der Waals surface area contributed by atoms with Crippen molar-refractivity contribution in [2.45, 2.75) is 44.2 Å². The SMILES string of the molecule is [N-]=[N+]=Nc1ccc(C(=O)N2CCC[C@H]2C(=O)Nc2ccc(/C=C/c3ccc(NC(=O)[C@@H]4CCCN4C(=O)Cc4ccccc4)cc3)cc2)cc1. The average molecular weight is 668 g/mol. The molecule has 4 aromatic carbocycles. The van der Waals surface area contributed by atoms with Crippen LogP contribution in [0.15, 0.2) is 108 Å². The Morgan fingerprint density at radius 1 is 0.700 bits per heavy atom. The van der Waals surface area contributed by atoms with Crippen molar-refractivity contribution in [3.63, 3.8) is 0 Å². The smallest absolute Gasteiger partial charge is 0.254 e. The van der Waals surface area contributed by atoms with Crippen LogP contribution in [0.25, 0.3) is 22.6 Å². The van der Waals surface area contributed by atoms with E-state index in [1.54, 1.807) is 34.1 Å². The highest BCUT2D eigenvalue weighted by molar-refractivity contribution is 6.02. The molecular weight excluding hydrogens is 630 g/mol. The largest absolute Gasteiger partial charge is 0.330 e. The second-order valence-corrected chi connectivity index (χ2v) is 12.4. The first-order valence-corrected chi connectivity index (χ1v) is 16.7. The van der Waals surface area contributed by atoms with E-state index in [9.17, 15) is 19.2 Å². The van der Waals surface area contributed by atoms with Crippen molar-refractivity contribution in [2.75, 3.05) is 23.7 Å². The molecule has 6 rings (SSSR count). The maximum absolute atomic E-state index is 13.2. The molecule has 4 amide bonds. The van der Waals surface area contributed by atoms with Crippen molar-refractivity contribution in [3.05, 3.63) is 136 Å². The van der Waals surface area contributed by atoms with E-state index in [4.69, 9.17) is 5.53 Å². The van der Waals surface area contributed by atoms with Crippen LogP contribution < -0.4 is 10.6 Å². The number of anilines is 2. The van der Waals surface area contributed by atoms with Gasteiger partial charge in [-0.25, -0.2) is 0 Å². The molecule has 0 radical (unpaired) electrons.